The highest BCUT2D eigenvalue weighted by molar-refractivity contribution is 6.31. The van der Waals surface area contributed by atoms with Crippen LogP contribution in [0.1, 0.15) is 0 Å². The Morgan fingerprint density at radius 2 is 2.17 bits per heavy atom. The molecule has 0 fully saturated rings. The van der Waals surface area contributed by atoms with Crippen molar-refractivity contribution in [3.63, 3.8) is 0 Å². The lowest BCUT2D eigenvalue weighted by Crippen LogP contribution is -2.31. The zero-order valence-electron chi connectivity index (χ0n) is 8.63. The number of carbonyl (C=O) groups is 1. The van der Waals surface area contributed by atoms with E-state index >= 15 is 0 Å². The minimum atomic E-state index is -1.64. The van der Waals surface area contributed by atoms with E-state index < -0.39 is 11.9 Å². The Labute approximate surface area is 104 Å². The molecule has 0 saturated carbocycles. The fraction of sp³-hybridized carbons (Fsp3) is 0. The molecule has 18 heavy (non-hydrogen) atoms. The van der Waals surface area contributed by atoms with Crippen molar-refractivity contribution in [1.82, 2.24) is 15.1 Å². The van der Waals surface area contributed by atoms with Gasteiger partial charge in [0.1, 0.15) is 12.1 Å². The quantitative estimate of drug-likeness (QED) is 0.572. The lowest BCUT2D eigenvalue weighted by atomic mass is 10.2. The van der Waals surface area contributed by atoms with Crippen molar-refractivity contribution in [2.45, 2.75) is 0 Å². The number of hydrogen-bond donors (Lipinski definition) is 3. The average molecular weight is 273 g/mol. The largest absolute Gasteiger partial charge is 0.462 e. The van der Waals surface area contributed by atoms with E-state index in [4.69, 9.17) is 21.9 Å². The van der Waals surface area contributed by atoms with Crippen LogP contribution in [0, 0.1) is 5.82 Å². The molecule has 2 aromatic rings. The first-order chi connectivity index (χ1) is 8.49. The van der Waals surface area contributed by atoms with Gasteiger partial charge in [0.15, 0.2) is 5.82 Å². The third-order valence-corrected chi connectivity index (χ3v) is 2.36. The number of rotatable bonds is 2. The summed E-state index contributed by atoms with van der Waals surface area (Å²) in [5.74, 6) is -0.776. The highest BCUT2D eigenvalue weighted by Gasteiger charge is 2.13. The summed E-state index contributed by atoms with van der Waals surface area (Å²) in [5, 5.41) is 17.4. The number of hydroxylamine groups is 1. The molecule has 1 aromatic carbocycles. The molecule has 9 heteroatoms. The maximum Gasteiger partial charge on any atom is 0.451 e. The molecule has 0 aliphatic heterocycles. The molecule has 0 radical (unpaired) electrons. The molecule has 3 N–H and O–H groups in total. The molecule has 1 heterocycles. The first kappa shape index (κ1) is 12.3. The van der Waals surface area contributed by atoms with Gasteiger partial charge in [0, 0.05) is 5.39 Å². The number of anilines is 1. The number of benzene rings is 1. The topological polar surface area (TPSA) is 98.6 Å². The van der Waals surface area contributed by atoms with E-state index in [1.165, 1.54) is 6.07 Å². The van der Waals surface area contributed by atoms with Gasteiger partial charge >= 0.3 is 6.09 Å². The van der Waals surface area contributed by atoms with E-state index in [1.54, 1.807) is 0 Å². The summed E-state index contributed by atoms with van der Waals surface area (Å²) in [6, 6.07) is 2.30. The Kier molecular flexibility index (Phi) is 3.13. The van der Waals surface area contributed by atoms with Crippen LogP contribution in [0.3, 0.4) is 0 Å². The molecule has 0 aliphatic rings. The lowest BCUT2D eigenvalue weighted by Gasteiger charge is -2.13. The Balaban J connectivity index is 2.51. The lowest BCUT2D eigenvalue weighted by molar-refractivity contribution is -0.0420. The molecule has 1 aromatic heterocycles. The van der Waals surface area contributed by atoms with Crippen LogP contribution in [0.2, 0.25) is 5.02 Å². The molecule has 0 atom stereocenters. The molecular weight excluding hydrogens is 267 g/mol. The Morgan fingerprint density at radius 1 is 1.44 bits per heavy atom. The Bertz CT molecular complexity index is 624. The molecule has 0 spiro atoms. The number of nitrogens with zero attached hydrogens (tertiary/aromatic N) is 3. The third-order valence-electron chi connectivity index (χ3n) is 2.07. The van der Waals surface area contributed by atoms with Gasteiger partial charge in [-0.3, -0.25) is 10.6 Å². The summed E-state index contributed by atoms with van der Waals surface area (Å²) in [7, 11) is 0. The predicted molar refractivity (Wildman–Crippen MR) is 59.8 cm³/mol. The number of nitrogens with one attached hydrogen (secondary N) is 1. The summed E-state index contributed by atoms with van der Waals surface area (Å²) in [5.41, 5.74) is 2.36. The Morgan fingerprint density at radius 3 is 2.83 bits per heavy atom. The maximum absolute atomic E-state index is 13.3. The molecule has 7 nitrogen and oxygen atoms in total. The number of hydrazine groups is 1. The zero-order chi connectivity index (χ0) is 13.3. The highest BCUT2D eigenvalue weighted by Crippen LogP contribution is 2.25. The van der Waals surface area contributed by atoms with Gasteiger partial charge in [-0.15, -0.1) is 0 Å². The normalized spacial score (nSPS) is 10.4. The number of carboxylic acid groups (broad SMARTS) is 1. The van der Waals surface area contributed by atoms with Crippen LogP contribution in [-0.4, -0.2) is 31.5 Å². The number of amides is 1. The standard InChI is InChI=1S/C9H6ClFN4O3/c10-5-2-7-4(1-6(5)11)8(13-3-12-7)14-15(18)9(16)17/h1-3,18H,(H,16,17)(H,12,13,14). The van der Waals surface area contributed by atoms with E-state index in [0.29, 0.717) is 5.52 Å². The number of aromatic nitrogens is 2. The van der Waals surface area contributed by atoms with Gasteiger partial charge in [-0.05, 0) is 12.1 Å². The molecule has 0 unspecified atom stereocenters. The van der Waals surface area contributed by atoms with Gasteiger partial charge < -0.3 is 5.11 Å². The summed E-state index contributed by atoms with van der Waals surface area (Å²) < 4.78 is 13.3. The monoisotopic (exact) mass is 272 g/mol. The predicted octanol–water partition coefficient (Wildman–Crippen LogP) is 2.12. The molecule has 94 valence electrons. The molecule has 0 bridgehead atoms. The minimum absolute atomic E-state index is 0.0690. The summed E-state index contributed by atoms with van der Waals surface area (Å²) >= 11 is 5.59. The van der Waals surface area contributed by atoms with E-state index in [1.807, 2.05) is 0 Å². The van der Waals surface area contributed by atoms with Crippen molar-refractivity contribution >= 4 is 34.4 Å². The second-order valence-electron chi connectivity index (χ2n) is 3.21. The maximum atomic E-state index is 13.3. The first-order valence-electron chi connectivity index (χ1n) is 4.57. The molecule has 0 saturated heterocycles. The van der Waals surface area contributed by atoms with Crippen molar-refractivity contribution in [2.75, 3.05) is 5.43 Å². The van der Waals surface area contributed by atoms with Gasteiger partial charge in [0.05, 0.1) is 10.5 Å². The zero-order valence-corrected chi connectivity index (χ0v) is 9.39. The van der Waals surface area contributed by atoms with Crippen LogP contribution in [0.4, 0.5) is 15.0 Å². The highest BCUT2D eigenvalue weighted by atomic mass is 35.5. The van der Waals surface area contributed by atoms with Crippen molar-refractivity contribution in [3.05, 3.63) is 29.3 Å². The fourth-order valence-corrected chi connectivity index (χ4v) is 1.45. The van der Waals surface area contributed by atoms with Crippen LogP contribution in [-0.2, 0) is 0 Å². The number of hydrogen-bond acceptors (Lipinski definition) is 5. The van der Waals surface area contributed by atoms with Gasteiger partial charge in [-0.2, -0.15) is 0 Å². The first-order valence-corrected chi connectivity index (χ1v) is 4.95. The van der Waals surface area contributed by atoms with Crippen LogP contribution in [0.15, 0.2) is 18.5 Å². The smallest absolute Gasteiger partial charge is 0.451 e. The van der Waals surface area contributed by atoms with Crippen LogP contribution < -0.4 is 5.43 Å². The van der Waals surface area contributed by atoms with Gasteiger partial charge in [-0.1, -0.05) is 16.8 Å². The van der Waals surface area contributed by atoms with Gasteiger partial charge in [0.2, 0.25) is 0 Å². The van der Waals surface area contributed by atoms with Gasteiger partial charge in [-0.25, -0.2) is 19.2 Å². The van der Waals surface area contributed by atoms with E-state index in [9.17, 15) is 9.18 Å². The molecule has 2 rings (SSSR count). The minimum Gasteiger partial charge on any atom is -0.462 e. The summed E-state index contributed by atoms with van der Waals surface area (Å²) in [6.07, 6.45) is -0.523. The second-order valence-corrected chi connectivity index (χ2v) is 3.62. The number of halogens is 2. The second kappa shape index (κ2) is 4.59. The third kappa shape index (κ3) is 2.24. The van der Waals surface area contributed by atoms with Crippen molar-refractivity contribution in [2.24, 2.45) is 0 Å². The van der Waals surface area contributed by atoms with E-state index in [-0.39, 0.29) is 21.4 Å². The van der Waals surface area contributed by atoms with Crippen LogP contribution in [0.25, 0.3) is 10.9 Å². The SMILES string of the molecule is O=C(O)N(O)Nc1ncnc2cc(Cl)c(F)cc12. The summed E-state index contributed by atoms with van der Waals surface area (Å²) in [4.78, 5) is 18.0. The van der Waals surface area contributed by atoms with Crippen molar-refractivity contribution in [3.8, 4) is 0 Å². The summed E-state index contributed by atoms with van der Waals surface area (Å²) in [6.45, 7) is 0. The number of fused-ring (bicyclic) bond motifs is 1. The van der Waals surface area contributed by atoms with E-state index in [0.717, 1.165) is 12.4 Å². The average Bonchev–Trinajstić information content (AvgIpc) is 2.31. The fourth-order valence-electron chi connectivity index (χ4n) is 1.29. The van der Waals surface area contributed by atoms with Gasteiger partial charge in [0.25, 0.3) is 0 Å². The van der Waals surface area contributed by atoms with Crippen molar-refractivity contribution in [1.29, 1.82) is 0 Å². The molecule has 0 aliphatic carbocycles. The Hall–Kier alpha value is -2.19. The van der Waals surface area contributed by atoms with Crippen molar-refractivity contribution < 1.29 is 19.5 Å². The van der Waals surface area contributed by atoms with Crippen LogP contribution in [0.5, 0.6) is 0 Å². The molecule has 1 amide bonds. The molecular formula is C9H6ClFN4O3. The van der Waals surface area contributed by atoms with E-state index in [2.05, 4.69) is 15.4 Å². The van der Waals surface area contributed by atoms with Crippen LogP contribution >= 0.6 is 11.6 Å².